The minimum atomic E-state index is 0.744. The Bertz CT molecular complexity index is 1010. The van der Waals surface area contributed by atoms with Crippen molar-refractivity contribution >= 4 is 36.9 Å². The van der Waals surface area contributed by atoms with Crippen LogP contribution in [0.3, 0.4) is 0 Å². The van der Waals surface area contributed by atoms with Gasteiger partial charge in [0.2, 0.25) is 0 Å². The summed E-state index contributed by atoms with van der Waals surface area (Å²) in [5, 5.41) is 0. The zero-order valence-electron chi connectivity index (χ0n) is 21.4. The van der Waals surface area contributed by atoms with Gasteiger partial charge in [0.25, 0.3) is 0 Å². The monoisotopic (exact) mass is 488 g/mol. The van der Waals surface area contributed by atoms with Crippen LogP contribution in [0, 0.1) is 0 Å². The maximum atomic E-state index is 4.56. The Hall–Kier alpha value is -4.15. The fourth-order valence-corrected chi connectivity index (χ4v) is 3.49. The maximum Gasteiger partial charge on any atom is 0.0516 e. The van der Waals surface area contributed by atoms with Gasteiger partial charge in [-0.25, -0.2) is 0 Å². The first-order valence-corrected chi connectivity index (χ1v) is 12.8. The van der Waals surface area contributed by atoms with Crippen LogP contribution in [0.15, 0.2) is 124 Å². The highest BCUT2D eigenvalue weighted by molar-refractivity contribution is 5.79. The van der Waals surface area contributed by atoms with Crippen molar-refractivity contribution in [1.82, 2.24) is 4.90 Å². The number of hydrogen-bond donors (Lipinski definition) is 0. The Morgan fingerprint density at radius 1 is 0.432 bits per heavy atom. The normalized spacial score (nSPS) is 12.6. The molecule has 0 aliphatic rings. The van der Waals surface area contributed by atoms with E-state index in [0.29, 0.717) is 0 Å². The molecule has 0 unspecified atom stereocenters. The van der Waals surface area contributed by atoms with Crippen LogP contribution in [0.1, 0.15) is 16.7 Å². The molecule has 188 valence electrons. The molecule has 3 rings (SSSR count). The van der Waals surface area contributed by atoms with Crippen LogP contribution in [-0.2, 0) is 0 Å². The lowest BCUT2D eigenvalue weighted by Gasteiger charge is -2.19. The van der Waals surface area contributed by atoms with Crippen LogP contribution >= 0.6 is 0 Å². The Balaban J connectivity index is 1.43. The molecule has 0 heterocycles. The van der Waals surface area contributed by atoms with E-state index < -0.39 is 0 Å². The second kappa shape index (κ2) is 18.2. The van der Waals surface area contributed by atoms with Gasteiger partial charge in [-0.1, -0.05) is 109 Å². The van der Waals surface area contributed by atoms with E-state index in [2.05, 4.69) is 74.5 Å². The molecular weight excluding hydrogens is 452 g/mol. The van der Waals surface area contributed by atoms with Crippen molar-refractivity contribution in [3.63, 3.8) is 0 Å². The second-order valence-corrected chi connectivity index (χ2v) is 8.32. The van der Waals surface area contributed by atoms with Crippen molar-refractivity contribution in [3.8, 4) is 0 Å². The average Bonchev–Trinajstić information content (AvgIpc) is 2.95. The summed E-state index contributed by atoms with van der Waals surface area (Å²) in [7, 11) is 0. The Morgan fingerprint density at radius 2 is 0.730 bits per heavy atom. The zero-order chi connectivity index (χ0) is 25.6. The number of hydrogen-bond acceptors (Lipinski definition) is 4. The van der Waals surface area contributed by atoms with Crippen LogP contribution in [0.4, 0.5) is 0 Å². The third-order valence-corrected chi connectivity index (χ3v) is 5.48. The summed E-state index contributed by atoms with van der Waals surface area (Å²) in [6.45, 7) is 4.86. The largest absolute Gasteiger partial charge is 0.298 e. The van der Waals surface area contributed by atoms with Crippen LogP contribution in [0.2, 0.25) is 0 Å². The first-order valence-electron chi connectivity index (χ1n) is 12.8. The summed E-state index contributed by atoms with van der Waals surface area (Å²) >= 11 is 0. The minimum absolute atomic E-state index is 0.744. The van der Waals surface area contributed by atoms with Gasteiger partial charge in [-0.2, -0.15) is 0 Å². The number of benzene rings is 3. The van der Waals surface area contributed by atoms with Crippen molar-refractivity contribution < 1.29 is 0 Å². The lowest BCUT2D eigenvalue weighted by atomic mass is 10.2. The predicted molar refractivity (Wildman–Crippen MR) is 163 cm³/mol. The van der Waals surface area contributed by atoms with E-state index in [9.17, 15) is 0 Å². The molecule has 0 bridgehead atoms. The standard InChI is InChI=1S/C33H36N4/c1-4-13-31(14-5-1)19-10-22-34-25-28-37(29-26-35-23-11-20-32-15-6-2-7-16-32)30-27-36-24-12-21-33-17-8-3-9-18-33/h1-24H,25-30H2/b19-10+,20-11+,21-12+,34-22?,35-23?,36-24?. The summed E-state index contributed by atoms with van der Waals surface area (Å²) in [5.41, 5.74) is 3.52. The van der Waals surface area contributed by atoms with E-state index in [1.54, 1.807) is 0 Å². The summed E-state index contributed by atoms with van der Waals surface area (Å²) in [6, 6.07) is 30.8. The minimum Gasteiger partial charge on any atom is -0.298 e. The van der Waals surface area contributed by atoms with Crippen LogP contribution < -0.4 is 0 Å². The molecule has 0 aromatic heterocycles. The van der Waals surface area contributed by atoms with E-state index in [1.165, 1.54) is 16.7 Å². The second-order valence-electron chi connectivity index (χ2n) is 8.32. The highest BCUT2D eigenvalue weighted by atomic mass is 15.1. The Morgan fingerprint density at radius 3 is 1.03 bits per heavy atom. The molecule has 0 amide bonds. The average molecular weight is 489 g/mol. The lowest BCUT2D eigenvalue weighted by Crippen LogP contribution is -2.31. The molecule has 0 radical (unpaired) electrons. The van der Waals surface area contributed by atoms with E-state index in [-0.39, 0.29) is 0 Å². The lowest BCUT2D eigenvalue weighted by molar-refractivity contribution is 0.298. The molecule has 37 heavy (non-hydrogen) atoms. The fourth-order valence-electron chi connectivity index (χ4n) is 3.49. The molecule has 0 saturated carbocycles. The Kier molecular flexibility index (Phi) is 13.5. The van der Waals surface area contributed by atoms with Gasteiger partial charge in [0, 0.05) is 38.3 Å². The molecule has 3 aromatic rings. The number of allylic oxidation sites excluding steroid dienone is 3. The molecule has 0 spiro atoms. The van der Waals surface area contributed by atoms with Crippen molar-refractivity contribution in [2.24, 2.45) is 15.0 Å². The molecule has 4 nitrogen and oxygen atoms in total. The highest BCUT2D eigenvalue weighted by Gasteiger charge is 2.02. The van der Waals surface area contributed by atoms with Gasteiger partial charge in [-0.05, 0) is 34.9 Å². The molecule has 4 heteroatoms. The molecule has 0 aliphatic carbocycles. The summed E-state index contributed by atoms with van der Waals surface area (Å²) in [4.78, 5) is 16.0. The predicted octanol–water partition coefficient (Wildman–Crippen LogP) is 6.64. The van der Waals surface area contributed by atoms with Crippen molar-refractivity contribution in [2.75, 3.05) is 39.3 Å². The maximum absolute atomic E-state index is 4.56. The van der Waals surface area contributed by atoms with E-state index in [4.69, 9.17) is 0 Å². The van der Waals surface area contributed by atoms with E-state index >= 15 is 0 Å². The zero-order valence-corrected chi connectivity index (χ0v) is 21.4. The van der Waals surface area contributed by atoms with E-state index in [1.807, 2.05) is 91.5 Å². The number of rotatable bonds is 15. The van der Waals surface area contributed by atoms with Crippen LogP contribution in [0.5, 0.6) is 0 Å². The molecule has 0 fully saturated rings. The SMILES string of the molecule is C(/C=C/c1ccccc1)=NCCN(CCN=C/C=C/c1ccccc1)CCN=C/C=C/c1ccccc1. The highest BCUT2D eigenvalue weighted by Crippen LogP contribution is 2.01. The summed E-state index contributed by atoms with van der Waals surface area (Å²) < 4.78 is 0. The molecule has 0 aliphatic heterocycles. The molecule has 0 atom stereocenters. The van der Waals surface area contributed by atoms with Gasteiger partial charge in [0.15, 0.2) is 0 Å². The number of aliphatic imine (C=N–C) groups is 3. The third-order valence-electron chi connectivity index (χ3n) is 5.48. The van der Waals surface area contributed by atoms with E-state index in [0.717, 1.165) is 39.3 Å². The fraction of sp³-hybridized carbons (Fsp3) is 0.182. The van der Waals surface area contributed by atoms with Gasteiger partial charge < -0.3 is 0 Å². The van der Waals surface area contributed by atoms with Crippen molar-refractivity contribution in [1.29, 1.82) is 0 Å². The molecule has 3 aromatic carbocycles. The van der Waals surface area contributed by atoms with Crippen molar-refractivity contribution in [3.05, 3.63) is 126 Å². The van der Waals surface area contributed by atoms with Gasteiger partial charge >= 0.3 is 0 Å². The molecular formula is C33H36N4. The number of nitrogens with zero attached hydrogens (tertiary/aromatic N) is 4. The summed E-state index contributed by atoms with van der Waals surface area (Å²) in [5.74, 6) is 0. The quantitative estimate of drug-likeness (QED) is 0.221. The van der Waals surface area contributed by atoms with Gasteiger partial charge in [-0.3, -0.25) is 19.9 Å². The first-order chi connectivity index (χ1) is 18.4. The third kappa shape index (κ3) is 12.9. The van der Waals surface area contributed by atoms with Gasteiger partial charge in [0.05, 0.1) is 19.6 Å². The molecule has 0 saturated heterocycles. The van der Waals surface area contributed by atoms with Crippen molar-refractivity contribution in [2.45, 2.75) is 0 Å². The van der Waals surface area contributed by atoms with Crippen LogP contribution in [-0.4, -0.2) is 62.8 Å². The van der Waals surface area contributed by atoms with Crippen LogP contribution in [0.25, 0.3) is 18.2 Å². The Labute approximate surface area is 221 Å². The smallest absolute Gasteiger partial charge is 0.0516 e. The molecule has 0 N–H and O–H groups in total. The van der Waals surface area contributed by atoms with Gasteiger partial charge in [0.1, 0.15) is 0 Å². The first kappa shape index (κ1) is 27.4. The van der Waals surface area contributed by atoms with Gasteiger partial charge in [-0.15, -0.1) is 0 Å². The summed E-state index contributed by atoms with van der Waals surface area (Å²) in [6.07, 6.45) is 17.8. The topological polar surface area (TPSA) is 40.3 Å².